The summed E-state index contributed by atoms with van der Waals surface area (Å²) in [5, 5.41) is 4.90. The number of hydrogen-bond acceptors (Lipinski definition) is 7. The number of pyridine rings is 1. The molecule has 6 rings (SSSR count). The van der Waals surface area contributed by atoms with Crippen molar-refractivity contribution in [1.82, 2.24) is 34.3 Å². The zero-order valence-electron chi connectivity index (χ0n) is 26.0. The van der Waals surface area contributed by atoms with Crippen molar-refractivity contribution in [3.05, 3.63) is 71.6 Å². The van der Waals surface area contributed by atoms with Crippen LogP contribution in [0, 0.1) is 0 Å². The number of alkyl halides is 3. The average molecular weight is 636 g/mol. The number of methoxy groups -OCH3 is 1. The molecule has 0 bridgehead atoms. The third-order valence-electron chi connectivity index (χ3n) is 7.87. The lowest BCUT2D eigenvalue weighted by atomic mass is 10.1. The number of nitrogens with zero attached hydrogens (tertiary/aromatic N) is 7. The van der Waals surface area contributed by atoms with Gasteiger partial charge >= 0.3 is 6.18 Å². The number of rotatable bonds is 11. The highest BCUT2D eigenvalue weighted by Gasteiger charge is 2.34. The number of ether oxygens (including phenoxy) is 2. The molecule has 13 heteroatoms. The maximum absolute atomic E-state index is 13.2. The SMILES string of the molecule is COc1ccnc(C2CC2)c1-c1ncc2c(n1)c(Cc1ccc(-c3nc(C(F)(F)F)cn3C)cc1)nn2COCC[Si](C)(C)C. The molecule has 4 heterocycles. The highest BCUT2D eigenvalue weighted by Crippen LogP contribution is 2.45. The molecule has 0 N–H and O–H groups in total. The molecular formula is C32H36F3N7O2Si. The van der Waals surface area contributed by atoms with Crippen LogP contribution in [0.5, 0.6) is 5.75 Å². The van der Waals surface area contributed by atoms with Crippen molar-refractivity contribution in [2.45, 2.75) is 63.8 Å². The Morgan fingerprint density at radius 3 is 2.42 bits per heavy atom. The van der Waals surface area contributed by atoms with Gasteiger partial charge in [-0.05, 0) is 30.5 Å². The van der Waals surface area contributed by atoms with Gasteiger partial charge in [0.05, 0.1) is 30.3 Å². The second-order valence-electron chi connectivity index (χ2n) is 12.7. The maximum Gasteiger partial charge on any atom is 0.434 e. The number of aryl methyl sites for hydroxylation is 1. The fourth-order valence-electron chi connectivity index (χ4n) is 5.25. The van der Waals surface area contributed by atoms with Gasteiger partial charge in [-0.15, -0.1) is 0 Å². The Morgan fingerprint density at radius 2 is 1.78 bits per heavy atom. The summed E-state index contributed by atoms with van der Waals surface area (Å²) in [5.74, 6) is 1.81. The largest absolute Gasteiger partial charge is 0.496 e. The van der Waals surface area contributed by atoms with Crippen molar-refractivity contribution in [2.75, 3.05) is 13.7 Å². The second-order valence-corrected chi connectivity index (χ2v) is 18.3. The molecule has 45 heavy (non-hydrogen) atoms. The van der Waals surface area contributed by atoms with Crippen molar-refractivity contribution in [3.63, 3.8) is 0 Å². The average Bonchev–Trinajstić information content (AvgIpc) is 3.69. The molecule has 1 aliphatic carbocycles. The number of halogens is 3. The lowest BCUT2D eigenvalue weighted by molar-refractivity contribution is -0.140. The highest BCUT2D eigenvalue weighted by atomic mass is 28.3. The number of benzene rings is 1. The molecule has 9 nitrogen and oxygen atoms in total. The maximum atomic E-state index is 13.2. The van der Waals surface area contributed by atoms with E-state index in [-0.39, 0.29) is 12.6 Å². The van der Waals surface area contributed by atoms with Crippen LogP contribution < -0.4 is 4.74 Å². The van der Waals surface area contributed by atoms with Gasteiger partial charge in [0.1, 0.15) is 29.3 Å². The van der Waals surface area contributed by atoms with Gasteiger partial charge in [-0.2, -0.15) is 18.3 Å². The van der Waals surface area contributed by atoms with E-state index in [4.69, 9.17) is 24.5 Å². The molecule has 1 fully saturated rings. The van der Waals surface area contributed by atoms with Crippen LogP contribution in [-0.2, 0) is 31.1 Å². The molecule has 0 amide bonds. The molecule has 5 aromatic rings. The Bertz CT molecular complexity index is 1820. The summed E-state index contributed by atoms with van der Waals surface area (Å²) in [4.78, 5) is 18.2. The number of fused-ring (bicyclic) bond motifs is 1. The fourth-order valence-corrected chi connectivity index (χ4v) is 6.00. The van der Waals surface area contributed by atoms with Gasteiger partial charge < -0.3 is 14.0 Å². The van der Waals surface area contributed by atoms with E-state index in [0.717, 1.165) is 53.1 Å². The van der Waals surface area contributed by atoms with Crippen LogP contribution in [0.25, 0.3) is 33.8 Å². The van der Waals surface area contributed by atoms with Gasteiger partial charge in [0.2, 0.25) is 0 Å². The smallest absolute Gasteiger partial charge is 0.434 e. The normalized spacial score (nSPS) is 14.0. The van der Waals surface area contributed by atoms with Crippen molar-refractivity contribution >= 4 is 19.1 Å². The third-order valence-corrected chi connectivity index (χ3v) is 9.58. The second kappa shape index (κ2) is 12.0. The van der Waals surface area contributed by atoms with E-state index in [2.05, 4.69) is 29.6 Å². The van der Waals surface area contributed by atoms with Crippen LogP contribution >= 0.6 is 0 Å². The first-order chi connectivity index (χ1) is 21.4. The van der Waals surface area contributed by atoms with Gasteiger partial charge in [-0.3, -0.25) is 4.98 Å². The minimum atomic E-state index is -4.51. The summed E-state index contributed by atoms with van der Waals surface area (Å²) in [7, 11) is 1.93. The minimum Gasteiger partial charge on any atom is -0.496 e. The Morgan fingerprint density at radius 1 is 1.02 bits per heavy atom. The van der Waals surface area contributed by atoms with Crippen molar-refractivity contribution < 1.29 is 22.6 Å². The number of imidazole rings is 1. The predicted molar refractivity (Wildman–Crippen MR) is 168 cm³/mol. The van der Waals surface area contributed by atoms with Gasteiger partial charge in [0.15, 0.2) is 11.5 Å². The zero-order valence-corrected chi connectivity index (χ0v) is 27.0. The molecule has 0 radical (unpaired) electrons. The lowest BCUT2D eigenvalue weighted by Gasteiger charge is -2.15. The number of hydrogen-bond donors (Lipinski definition) is 0. The minimum absolute atomic E-state index is 0.244. The van der Waals surface area contributed by atoms with E-state index in [9.17, 15) is 13.2 Å². The van der Waals surface area contributed by atoms with Crippen LogP contribution in [-0.4, -0.2) is 56.1 Å². The summed E-state index contributed by atoms with van der Waals surface area (Å²) in [6.45, 7) is 7.85. The molecule has 1 aromatic carbocycles. The summed E-state index contributed by atoms with van der Waals surface area (Å²) >= 11 is 0. The van der Waals surface area contributed by atoms with Gasteiger partial charge in [0.25, 0.3) is 0 Å². The molecular weight excluding hydrogens is 599 g/mol. The first-order valence-electron chi connectivity index (χ1n) is 14.9. The monoisotopic (exact) mass is 635 g/mol. The van der Waals surface area contributed by atoms with Crippen molar-refractivity contribution in [3.8, 4) is 28.5 Å². The first-order valence-corrected chi connectivity index (χ1v) is 18.7. The van der Waals surface area contributed by atoms with Crippen LogP contribution in [0.4, 0.5) is 13.2 Å². The summed E-state index contributed by atoms with van der Waals surface area (Å²) in [6, 6.07) is 10.2. The Kier molecular flexibility index (Phi) is 8.25. The molecule has 1 saturated carbocycles. The van der Waals surface area contributed by atoms with Crippen LogP contribution in [0.2, 0.25) is 25.7 Å². The van der Waals surface area contributed by atoms with Crippen LogP contribution in [0.1, 0.15) is 41.4 Å². The van der Waals surface area contributed by atoms with Crippen LogP contribution in [0.15, 0.2) is 48.9 Å². The van der Waals surface area contributed by atoms with E-state index in [1.54, 1.807) is 43.4 Å². The molecule has 0 atom stereocenters. The summed E-state index contributed by atoms with van der Waals surface area (Å²) < 4.78 is 54.6. The van der Waals surface area contributed by atoms with Gasteiger partial charge in [-0.1, -0.05) is 43.9 Å². The predicted octanol–water partition coefficient (Wildman–Crippen LogP) is 7.10. The lowest BCUT2D eigenvalue weighted by Crippen LogP contribution is -2.22. The summed E-state index contributed by atoms with van der Waals surface area (Å²) in [5.41, 5.74) is 4.52. The topological polar surface area (TPSA) is 92.8 Å². The fraction of sp³-hybridized carbons (Fsp3) is 0.406. The molecule has 0 saturated heterocycles. The summed E-state index contributed by atoms with van der Waals surface area (Å²) in [6.07, 6.45) is 2.61. The van der Waals surface area contributed by atoms with Gasteiger partial charge in [0, 0.05) is 52.0 Å². The molecule has 4 aromatic heterocycles. The number of aromatic nitrogens is 7. The van der Waals surface area contributed by atoms with Crippen LogP contribution in [0.3, 0.4) is 0 Å². The molecule has 1 aliphatic rings. The Balaban J connectivity index is 1.34. The standard InChI is InChI=1S/C32H36F3N7O2Si/c1-41-18-26(32(33,34)35)38-31(41)22-8-6-20(7-9-22)16-23-29-24(42(40-23)19-44-14-15-45(3,4)5)17-37-30(39-29)27-25(43-2)12-13-36-28(27)21-10-11-21/h6-9,12-13,17-18,21H,10-11,14-16,19H2,1-5H3. The highest BCUT2D eigenvalue weighted by molar-refractivity contribution is 6.76. The van der Waals surface area contributed by atoms with E-state index in [0.29, 0.717) is 41.6 Å². The van der Waals surface area contributed by atoms with Crippen molar-refractivity contribution in [1.29, 1.82) is 0 Å². The van der Waals surface area contributed by atoms with E-state index in [1.807, 2.05) is 18.2 Å². The van der Waals surface area contributed by atoms with Crippen molar-refractivity contribution in [2.24, 2.45) is 7.05 Å². The Labute approximate surface area is 260 Å². The van der Waals surface area contributed by atoms with E-state index in [1.165, 1.54) is 4.57 Å². The zero-order chi connectivity index (χ0) is 31.9. The van der Waals surface area contributed by atoms with E-state index >= 15 is 0 Å². The third kappa shape index (κ3) is 6.78. The quantitative estimate of drug-likeness (QED) is 0.113. The molecule has 236 valence electrons. The van der Waals surface area contributed by atoms with E-state index < -0.39 is 19.9 Å². The Hall–Kier alpha value is -4.10. The molecule has 0 aliphatic heterocycles. The van der Waals surface area contributed by atoms with Gasteiger partial charge in [-0.25, -0.2) is 19.6 Å². The molecule has 0 spiro atoms. The first kappa shape index (κ1) is 30.9. The molecule has 0 unspecified atom stereocenters.